The molecular formula is C17H10ClN3O. The van der Waals surface area contributed by atoms with Gasteiger partial charge in [0.1, 0.15) is 6.07 Å². The van der Waals surface area contributed by atoms with Gasteiger partial charge in [0.25, 0.3) is 5.56 Å². The van der Waals surface area contributed by atoms with Crippen molar-refractivity contribution in [3.63, 3.8) is 0 Å². The van der Waals surface area contributed by atoms with Gasteiger partial charge in [-0.3, -0.25) is 4.79 Å². The van der Waals surface area contributed by atoms with E-state index in [-0.39, 0.29) is 11.4 Å². The Hall–Kier alpha value is -2.90. The molecule has 3 rings (SSSR count). The highest BCUT2D eigenvalue weighted by molar-refractivity contribution is 6.31. The van der Waals surface area contributed by atoms with Crippen LogP contribution in [0.4, 0.5) is 0 Å². The molecule has 0 fully saturated rings. The van der Waals surface area contributed by atoms with Crippen molar-refractivity contribution in [2.75, 3.05) is 0 Å². The van der Waals surface area contributed by atoms with Crippen molar-refractivity contribution in [2.45, 2.75) is 0 Å². The molecule has 0 unspecified atom stereocenters. The molecule has 22 heavy (non-hydrogen) atoms. The summed E-state index contributed by atoms with van der Waals surface area (Å²) in [5.74, 6) is 0.242. The van der Waals surface area contributed by atoms with E-state index in [0.717, 1.165) is 5.56 Å². The number of aromatic nitrogens is 2. The van der Waals surface area contributed by atoms with Crippen LogP contribution in [0.5, 0.6) is 0 Å². The van der Waals surface area contributed by atoms with Crippen molar-refractivity contribution in [3.05, 3.63) is 75.3 Å². The van der Waals surface area contributed by atoms with Gasteiger partial charge in [-0.25, -0.2) is 4.98 Å². The van der Waals surface area contributed by atoms with Crippen LogP contribution in [0.15, 0.2) is 53.3 Å². The molecule has 0 bridgehead atoms. The van der Waals surface area contributed by atoms with Crippen LogP contribution in [-0.2, 0) is 0 Å². The lowest BCUT2D eigenvalue weighted by molar-refractivity contribution is 1.13. The molecular weight excluding hydrogens is 298 g/mol. The zero-order valence-electron chi connectivity index (χ0n) is 11.4. The quantitative estimate of drug-likeness (QED) is 0.735. The summed E-state index contributed by atoms with van der Waals surface area (Å²) in [6.07, 6.45) is 1.68. The second kappa shape index (κ2) is 5.84. The van der Waals surface area contributed by atoms with Crippen LogP contribution in [0.1, 0.15) is 11.4 Å². The van der Waals surface area contributed by atoms with Gasteiger partial charge in [-0.15, -0.1) is 0 Å². The summed E-state index contributed by atoms with van der Waals surface area (Å²) in [4.78, 5) is 19.1. The number of hydrogen-bond acceptors (Lipinski definition) is 3. The highest BCUT2D eigenvalue weighted by Crippen LogP contribution is 2.18. The Labute approximate surface area is 131 Å². The first-order valence-electron chi connectivity index (χ1n) is 6.54. The molecule has 0 aliphatic rings. The molecule has 1 N–H and O–H groups in total. The molecule has 0 saturated carbocycles. The molecule has 3 aromatic rings. The van der Waals surface area contributed by atoms with E-state index in [4.69, 9.17) is 11.6 Å². The van der Waals surface area contributed by atoms with Crippen molar-refractivity contribution in [1.29, 1.82) is 5.26 Å². The largest absolute Gasteiger partial charge is 0.305 e. The topological polar surface area (TPSA) is 69.5 Å². The van der Waals surface area contributed by atoms with E-state index in [1.54, 1.807) is 24.3 Å². The molecule has 0 aliphatic heterocycles. The minimum Gasteiger partial charge on any atom is -0.305 e. The van der Waals surface area contributed by atoms with Crippen LogP contribution in [-0.4, -0.2) is 9.97 Å². The Morgan fingerprint density at radius 2 is 2.00 bits per heavy atom. The highest BCUT2D eigenvalue weighted by atomic mass is 35.5. The summed E-state index contributed by atoms with van der Waals surface area (Å²) in [7, 11) is 0. The molecule has 0 amide bonds. The number of hydrogen-bond donors (Lipinski definition) is 1. The van der Waals surface area contributed by atoms with E-state index in [2.05, 4.69) is 16.0 Å². The maximum atomic E-state index is 12.1. The zero-order valence-corrected chi connectivity index (χ0v) is 12.1. The average Bonchev–Trinajstić information content (AvgIpc) is 2.54. The fourth-order valence-corrected chi connectivity index (χ4v) is 2.28. The van der Waals surface area contributed by atoms with Gasteiger partial charge in [0.2, 0.25) is 0 Å². The van der Waals surface area contributed by atoms with Crippen LogP contribution in [0.2, 0.25) is 5.02 Å². The van der Waals surface area contributed by atoms with Crippen molar-refractivity contribution < 1.29 is 0 Å². The lowest BCUT2D eigenvalue weighted by Crippen LogP contribution is -2.11. The number of aromatic amines is 1. The Balaban J connectivity index is 2.17. The summed E-state index contributed by atoms with van der Waals surface area (Å²) >= 11 is 5.88. The molecule has 1 heterocycles. The van der Waals surface area contributed by atoms with Gasteiger partial charge in [0, 0.05) is 5.02 Å². The van der Waals surface area contributed by atoms with Gasteiger partial charge in [-0.2, -0.15) is 5.26 Å². The van der Waals surface area contributed by atoms with Crippen molar-refractivity contribution in [3.8, 4) is 6.07 Å². The van der Waals surface area contributed by atoms with Gasteiger partial charge in [0.05, 0.1) is 16.5 Å². The first kappa shape index (κ1) is 14.1. The van der Waals surface area contributed by atoms with E-state index in [9.17, 15) is 10.1 Å². The Morgan fingerprint density at radius 3 is 2.73 bits per heavy atom. The normalized spacial score (nSPS) is 11.4. The van der Waals surface area contributed by atoms with Crippen molar-refractivity contribution in [2.24, 2.45) is 0 Å². The Kier molecular flexibility index (Phi) is 3.73. The van der Waals surface area contributed by atoms with Gasteiger partial charge in [-0.05, 0) is 29.8 Å². The average molecular weight is 308 g/mol. The highest BCUT2D eigenvalue weighted by Gasteiger charge is 2.08. The van der Waals surface area contributed by atoms with Crippen LogP contribution in [0.3, 0.4) is 0 Å². The standard InChI is InChI=1S/C17H10ClN3O/c18-13-6-7-15-14(9-13)17(22)21-16(20-15)12(10-19)8-11-4-2-1-3-5-11/h1-9H,(H,20,21,22)/b12-8-. The number of benzene rings is 2. The molecule has 2 aromatic carbocycles. The molecule has 0 aliphatic carbocycles. The number of halogens is 1. The first-order valence-corrected chi connectivity index (χ1v) is 6.92. The third-order valence-corrected chi connectivity index (χ3v) is 3.39. The van der Waals surface area contributed by atoms with Gasteiger partial charge in [0.15, 0.2) is 5.82 Å². The van der Waals surface area contributed by atoms with Crippen LogP contribution in [0, 0.1) is 11.3 Å². The molecule has 0 spiro atoms. The number of nitrogens with one attached hydrogen (secondary N) is 1. The molecule has 4 nitrogen and oxygen atoms in total. The first-order chi connectivity index (χ1) is 10.7. The minimum atomic E-state index is -0.322. The van der Waals surface area contributed by atoms with E-state index in [0.29, 0.717) is 21.5 Å². The summed E-state index contributed by atoms with van der Waals surface area (Å²) in [5, 5.41) is 10.2. The lowest BCUT2D eigenvalue weighted by atomic mass is 10.1. The summed E-state index contributed by atoms with van der Waals surface area (Å²) in [5.41, 5.74) is 1.33. The van der Waals surface area contributed by atoms with Gasteiger partial charge < -0.3 is 4.98 Å². The molecule has 1 aromatic heterocycles. The van der Waals surface area contributed by atoms with Crippen LogP contribution >= 0.6 is 11.6 Å². The fourth-order valence-electron chi connectivity index (χ4n) is 2.11. The number of H-pyrrole nitrogens is 1. The molecule has 0 radical (unpaired) electrons. The van der Waals surface area contributed by atoms with Crippen LogP contribution in [0.25, 0.3) is 22.6 Å². The second-order valence-corrected chi connectivity index (χ2v) is 5.09. The predicted octanol–water partition coefficient (Wildman–Crippen LogP) is 3.64. The third kappa shape index (κ3) is 2.76. The fraction of sp³-hybridized carbons (Fsp3) is 0. The predicted molar refractivity (Wildman–Crippen MR) is 87.3 cm³/mol. The third-order valence-electron chi connectivity index (χ3n) is 3.15. The molecule has 0 atom stereocenters. The summed E-state index contributed by atoms with van der Waals surface area (Å²) in [6, 6.07) is 16.3. The van der Waals surface area contributed by atoms with E-state index < -0.39 is 0 Å². The minimum absolute atomic E-state index is 0.242. The van der Waals surface area contributed by atoms with Crippen molar-refractivity contribution >= 4 is 34.2 Å². The lowest BCUT2D eigenvalue weighted by Gasteiger charge is -2.02. The SMILES string of the molecule is N#C/C(=C/c1ccccc1)c1nc2ccc(Cl)cc2c(=O)[nH]1. The monoisotopic (exact) mass is 307 g/mol. The number of nitriles is 1. The van der Waals surface area contributed by atoms with E-state index in [1.165, 1.54) is 0 Å². The smallest absolute Gasteiger partial charge is 0.259 e. The van der Waals surface area contributed by atoms with Crippen LogP contribution < -0.4 is 5.56 Å². The van der Waals surface area contributed by atoms with Gasteiger partial charge in [-0.1, -0.05) is 41.9 Å². The number of fused-ring (bicyclic) bond motifs is 1. The van der Waals surface area contributed by atoms with E-state index >= 15 is 0 Å². The summed E-state index contributed by atoms with van der Waals surface area (Å²) < 4.78 is 0. The molecule has 0 saturated heterocycles. The molecule has 5 heteroatoms. The summed E-state index contributed by atoms with van der Waals surface area (Å²) in [6.45, 7) is 0. The zero-order chi connectivity index (χ0) is 15.5. The Morgan fingerprint density at radius 1 is 1.23 bits per heavy atom. The second-order valence-electron chi connectivity index (χ2n) is 4.66. The van der Waals surface area contributed by atoms with Crippen molar-refractivity contribution in [1.82, 2.24) is 9.97 Å². The maximum absolute atomic E-state index is 12.1. The Bertz CT molecular complexity index is 969. The molecule has 106 valence electrons. The number of nitrogens with zero attached hydrogens (tertiary/aromatic N) is 2. The van der Waals surface area contributed by atoms with Gasteiger partial charge >= 0.3 is 0 Å². The van der Waals surface area contributed by atoms with E-state index in [1.807, 2.05) is 30.3 Å². The number of allylic oxidation sites excluding steroid dienone is 1. The number of rotatable bonds is 2. The maximum Gasteiger partial charge on any atom is 0.259 e.